The third-order valence-corrected chi connectivity index (χ3v) is 14.8. The van der Waals surface area contributed by atoms with Crippen LogP contribution >= 0.6 is 21.6 Å². The molecule has 1 aromatic rings. The first-order valence-corrected chi connectivity index (χ1v) is 24.7. The minimum atomic E-state index is -0.916. The number of ether oxygens (including phenoxy) is 3. The predicted octanol–water partition coefficient (Wildman–Crippen LogP) is 7.16. The lowest BCUT2D eigenvalue weighted by Crippen LogP contribution is -2.60. The fraction of sp³-hybridized carbons (Fsp3) is 0.761. The molecule has 1 aliphatic rings. The number of rotatable bonds is 27. The second kappa shape index (κ2) is 27.4. The number of ketones is 1. The minimum Gasteiger partial charge on any atom is -0.448 e. The number of hydrogen-bond acceptors (Lipinski definition) is 11. The van der Waals surface area contributed by atoms with Crippen LogP contribution in [-0.2, 0) is 33.4 Å². The van der Waals surface area contributed by atoms with Gasteiger partial charge in [0.05, 0.1) is 36.3 Å². The number of likely N-dealkylation sites (N-methyl/N-ethyl adjacent to an activating group) is 2. The fourth-order valence-electron chi connectivity index (χ4n) is 8.61. The van der Waals surface area contributed by atoms with Gasteiger partial charge in [-0.3, -0.25) is 24.1 Å². The van der Waals surface area contributed by atoms with Crippen LogP contribution in [0.5, 0.6) is 0 Å². The lowest BCUT2D eigenvalue weighted by Gasteiger charge is -2.40. The Morgan fingerprint density at radius 2 is 1.48 bits per heavy atom. The summed E-state index contributed by atoms with van der Waals surface area (Å²) in [4.78, 5) is 72.3. The molecule has 1 saturated carbocycles. The van der Waals surface area contributed by atoms with Crippen molar-refractivity contribution in [3.63, 3.8) is 0 Å². The molecule has 0 radical (unpaired) electrons. The van der Waals surface area contributed by atoms with Crippen LogP contribution < -0.4 is 10.6 Å². The van der Waals surface area contributed by atoms with Gasteiger partial charge in [-0.2, -0.15) is 0 Å². The molecule has 0 saturated heterocycles. The molecule has 1 fully saturated rings. The number of carbonyl (C=O) groups is 5. The number of benzene rings is 1. The Morgan fingerprint density at radius 3 is 2.03 bits per heavy atom. The van der Waals surface area contributed by atoms with Gasteiger partial charge in [0.15, 0.2) is 0 Å². The highest BCUT2D eigenvalue weighted by Crippen LogP contribution is 2.40. The minimum absolute atomic E-state index is 0.00672. The zero-order valence-corrected chi connectivity index (χ0v) is 40.8. The molecule has 15 heteroatoms. The quantitative estimate of drug-likeness (QED) is 0.0607. The molecule has 0 aromatic heterocycles. The van der Waals surface area contributed by atoms with Gasteiger partial charge in [0.1, 0.15) is 24.5 Å². The van der Waals surface area contributed by atoms with E-state index in [0.29, 0.717) is 24.2 Å². The lowest BCUT2D eigenvalue weighted by atomic mass is 9.79. The number of carbonyl (C=O) groups excluding carboxylic acids is 5. The van der Waals surface area contributed by atoms with Crippen LogP contribution in [0.15, 0.2) is 30.3 Å². The average molecular weight is 895 g/mol. The third-order valence-electron chi connectivity index (χ3n) is 12.3. The molecule has 11 atom stereocenters. The number of aliphatic hydroxyl groups is 1. The van der Waals surface area contributed by atoms with E-state index in [1.54, 1.807) is 68.7 Å². The number of nitrogens with zero attached hydrogens (tertiary/aromatic N) is 2. The molecule has 4 amide bonds. The first kappa shape index (κ1) is 54.3. The second-order valence-corrected chi connectivity index (χ2v) is 20.1. The largest absolute Gasteiger partial charge is 0.448 e. The summed E-state index contributed by atoms with van der Waals surface area (Å²) in [7, 11) is 9.74. The number of hydrogen-bond donors (Lipinski definition) is 3. The Hall–Kier alpha value is -2.85. The lowest BCUT2D eigenvalue weighted by molar-refractivity contribution is -0.145. The fourth-order valence-corrected chi connectivity index (χ4v) is 10.6. The summed E-state index contributed by atoms with van der Waals surface area (Å²) in [6, 6.07) is 6.34. The number of Topliss-reactive ketones (excluding diaryl/α,β-unsaturated/α-hetero) is 1. The molecule has 2 rings (SSSR count). The van der Waals surface area contributed by atoms with E-state index in [2.05, 4.69) is 17.6 Å². The Kier molecular flexibility index (Phi) is 24.3. The van der Waals surface area contributed by atoms with E-state index in [9.17, 15) is 29.1 Å². The van der Waals surface area contributed by atoms with Crippen LogP contribution in [0.1, 0.15) is 113 Å². The summed E-state index contributed by atoms with van der Waals surface area (Å²) in [5.41, 5.74) is 0.706. The maximum Gasteiger partial charge on any atom is 0.410 e. The summed E-state index contributed by atoms with van der Waals surface area (Å²) < 4.78 is 17.5. The van der Waals surface area contributed by atoms with Crippen LogP contribution in [0, 0.1) is 35.5 Å². The Balaban J connectivity index is 2.23. The normalized spacial score (nSPS) is 19.8. The van der Waals surface area contributed by atoms with Crippen LogP contribution in [0.4, 0.5) is 4.79 Å². The van der Waals surface area contributed by atoms with Gasteiger partial charge < -0.3 is 34.9 Å². The van der Waals surface area contributed by atoms with Crippen LogP contribution in [0.25, 0.3) is 0 Å². The zero-order valence-electron chi connectivity index (χ0n) is 39.2. The van der Waals surface area contributed by atoms with Crippen molar-refractivity contribution in [2.24, 2.45) is 35.5 Å². The van der Waals surface area contributed by atoms with Gasteiger partial charge >= 0.3 is 6.09 Å². The maximum atomic E-state index is 14.5. The van der Waals surface area contributed by atoms with E-state index >= 15 is 0 Å². The highest BCUT2D eigenvalue weighted by atomic mass is 33.1. The summed E-state index contributed by atoms with van der Waals surface area (Å²) in [6.45, 7) is 17.4. The molecule has 0 aliphatic heterocycles. The van der Waals surface area contributed by atoms with Crippen molar-refractivity contribution in [1.29, 1.82) is 0 Å². The topological polar surface area (TPSA) is 164 Å². The zero-order chi connectivity index (χ0) is 46.0. The van der Waals surface area contributed by atoms with Gasteiger partial charge in [0, 0.05) is 52.2 Å². The second-order valence-electron chi connectivity index (χ2n) is 17.4. The highest BCUT2D eigenvalue weighted by molar-refractivity contribution is 8.76. The van der Waals surface area contributed by atoms with E-state index in [4.69, 9.17) is 14.2 Å². The number of aliphatic hydroxyl groups excluding tert-OH is 1. The summed E-state index contributed by atoms with van der Waals surface area (Å²) in [6.07, 6.45) is 1.33. The first-order valence-electron chi connectivity index (χ1n) is 22.2. The monoisotopic (exact) mass is 895 g/mol. The van der Waals surface area contributed by atoms with Gasteiger partial charge in [-0.15, -0.1) is 0 Å². The predicted molar refractivity (Wildman–Crippen MR) is 246 cm³/mol. The van der Waals surface area contributed by atoms with Gasteiger partial charge in [0.2, 0.25) is 17.7 Å². The van der Waals surface area contributed by atoms with Crippen molar-refractivity contribution in [3.8, 4) is 0 Å². The van der Waals surface area contributed by atoms with E-state index in [1.807, 2.05) is 71.9 Å². The van der Waals surface area contributed by atoms with Gasteiger partial charge in [-0.25, -0.2) is 4.79 Å². The van der Waals surface area contributed by atoms with Gasteiger partial charge in [-0.1, -0.05) is 120 Å². The van der Waals surface area contributed by atoms with Crippen LogP contribution in [-0.4, -0.2) is 127 Å². The Morgan fingerprint density at radius 1 is 0.836 bits per heavy atom. The molecule has 0 bridgehead atoms. The molecule has 3 N–H and O–H groups in total. The van der Waals surface area contributed by atoms with Crippen LogP contribution in [0.3, 0.4) is 0 Å². The van der Waals surface area contributed by atoms with Crippen molar-refractivity contribution >= 4 is 51.2 Å². The molecule has 348 valence electrons. The van der Waals surface area contributed by atoms with E-state index in [1.165, 1.54) is 4.90 Å². The van der Waals surface area contributed by atoms with Crippen molar-refractivity contribution in [1.82, 2.24) is 20.4 Å². The van der Waals surface area contributed by atoms with Crippen LogP contribution in [0.2, 0.25) is 0 Å². The van der Waals surface area contributed by atoms with Crippen molar-refractivity contribution in [3.05, 3.63) is 35.9 Å². The maximum absolute atomic E-state index is 14.5. The number of amides is 4. The molecular weight excluding hydrogens is 817 g/mol. The smallest absolute Gasteiger partial charge is 0.410 e. The molecule has 61 heavy (non-hydrogen) atoms. The summed E-state index contributed by atoms with van der Waals surface area (Å²) in [5.74, 6) is -1.19. The first-order chi connectivity index (χ1) is 28.9. The molecule has 0 spiro atoms. The molecule has 1 aliphatic carbocycles. The summed E-state index contributed by atoms with van der Waals surface area (Å²) in [5, 5.41) is 16.8. The van der Waals surface area contributed by atoms with E-state index in [0.717, 1.165) is 25.0 Å². The number of nitrogens with one attached hydrogen (secondary N) is 2. The Labute approximate surface area is 374 Å². The van der Waals surface area contributed by atoms with Crippen molar-refractivity contribution in [2.75, 3.05) is 46.4 Å². The molecular formula is C46H78N4O9S2. The molecule has 1 unspecified atom stereocenters. The molecule has 0 heterocycles. The SMILES string of the molecule is CCCSSCCOC(=O)N(C)[C@H](C(=O)N[C@H](C(=O)N(C)[C@@H]([C@@H](C)CC)[C@@H](CC(=O)C1CCC[C@H]1[C@H](OC)[C@@H](C)C(=O)N[C@H](C)[C@@H](O)c1ccccc1)OC)C(C)C)C(C)C. The molecule has 13 nitrogen and oxygen atoms in total. The van der Waals surface area contributed by atoms with Crippen molar-refractivity contribution < 1.29 is 43.3 Å². The molecule has 1 aromatic carbocycles. The van der Waals surface area contributed by atoms with Gasteiger partial charge in [-0.05, 0) is 55.4 Å². The Bertz CT molecular complexity index is 1500. The highest BCUT2D eigenvalue weighted by Gasteiger charge is 2.45. The average Bonchev–Trinajstić information content (AvgIpc) is 3.72. The standard InChI is InChI=1S/C46H78N4O9S2/c1-14-25-60-61-26-24-59-46(56)50(11)39(29(5)6)44(54)48-38(28(3)4)45(55)49(10)40(30(7)15-2)37(57-12)27-36(51)34-22-19-23-35(34)42(58-13)31(8)43(53)47-32(9)41(52)33-20-17-16-18-21-33/h16-18,20-21,28-32,34-35,37-42,52H,14-15,19,22-27H2,1-13H3,(H,47,53)(H,48,54)/t30-,31+,32+,34?,35+,37+,38-,39-,40-,41+,42+/m0/s1. The third kappa shape index (κ3) is 15.7. The van der Waals surface area contributed by atoms with Crippen molar-refractivity contribution in [2.45, 2.75) is 143 Å². The van der Waals surface area contributed by atoms with E-state index in [-0.39, 0.29) is 60.2 Å². The number of methoxy groups -OCH3 is 2. The van der Waals surface area contributed by atoms with Gasteiger partial charge in [0.25, 0.3) is 0 Å². The van der Waals surface area contributed by atoms with E-state index < -0.39 is 60.4 Å². The summed E-state index contributed by atoms with van der Waals surface area (Å²) >= 11 is 0.